The monoisotopic (exact) mass is 382 g/mol. The molecular weight excluding hydrogens is 358 g/mol. The fourth-order valence-electron chi connectivity index (χ4n) is 3.31. The van der Waals surface area contributed by atoms with E-state index < -0.39 is 0 Å². The van der Waals surface area contributed by atoms with Gasteiger partial charge in [0.25, 0.3) is 0 Å². The van der Waals surface area contributed by atoms with Crippen LogP contribution in [0.15, 0.2) is 47.5 Å². The number of phenols is 2. The van der Waals surface area contributed by atoms with E-state index in [2.05, 4.69) is 0 Å². The zero-order chi connectivity index (χ0) is 20.3. The molecule has 1 saturated heterocycles. The minimum Gasteiger partial charge on any atom is -0.504 e. The number of hydrogen-bond acceptors (Lipinski definition) is 5. The van der Waals surface area contributed by atoms with Gasteiger partial charge in [-0.05, 0) is 47.5 Å². The minimum absolute atomic E-state index is 0.0313. The number of hydrogen-bond donors (Lipinski definition) is 3. The highest BCUT2D eigenvalue weighted by atomic mass is 16.5. The molecule has 0 aromatic heterocycles. The molecule has 0 aliphatic carbocycles. The van der Waals surface area contributed by atoms with E-state index in [1.165, 1.54) is 19.1 Å². The van der Waals surface area contributed by atoms with E-state index in [1.54, 1.807) is 48.6 Å². The van der Waals surface area contributed by atoms with Gasteiger partial charge in [0.2, 0.25) is 0 Å². The highest BCUT2D eigenvalue weighted by molar-refractivity contribution is 6.14. The molecule has 0 amide bonds. The van der Waals surface area contributed by atoms with Crippen molar-refractivity contribution in [3.05, 3.63) is 58.7 Å². The third kappa shape index (κ3) is 4.18. The average molecular weight is 382 g/mol. The van der Waals surface area contributed by atoms with E-state index in [4.69, 9.17) is 9.47 Å². The molecule has 1 aliphatic rings. The molecule has 1 heterocycles. The Morgan fingerprint density at radius 3 is 1.64 bits per heavy atom. The molecule has 0 saturated carbocycles. The lowest BCUT2D eigenvalue weighted by molar-refractivity contribution is -0.870. The van der Waals surface area contributed by atoms with Gasteiger partial charge in [0, 0.05) is 0 Å². The molecule has 1 aliphatic heterocycles. The number of rotatable bonds is 4. The third-order valence-electron chi connectivity index (χ3n) is 4.66. The molecular formula is C22H24NO5+. The molecule has 146 valence electrons. The van der Waals surface area contributed by atoms with Gasteiger partial charge < -0.3 is 24.6 Å². The van der Waals surface area contributed by atoms with Gasteiger partial charge in [-0.2, -0.15) is 0 Å². The van der Waals surface area contributed by atoms with Crippen LogP contribution in [0.25, 0.3) is 12.2 Å². The first kappa shape index (κ1) is 19.5. The molecule has 1 fully saturated rings. The van der Waals surface area contributed by atoms with Crippen LogP contribution in [-0.4, -0.2) is 50.4 Å². The maximum atomic E-state index is 13.0. The largest absolute Gasteiger partial charge is 0.504 e. The fraction of sp³-hybridized carbons (Fsp3) is 0.227. The van der Waals surface area contributed by atoms with Crippen molar-refractivity contribution in [2.45, 2.75) is 0 Å². The van der Waals surface area contributed by atoms with Crippen LogP contribution in [0, 0.1) is 0 Å². The Labute approximate surface area is 163 Å². The van der Waals surface area contributed by atoms with E-state index in [9.17, 15) is 15.0 Å². The Bertz CT molecular complexity index is 886. The van der Waals surface area contributed by atoms with Gasteiger partial charge in [0.15, 0.2) is 28.8 Å². The zero-order valence-electron chi connectivity index (χ0n) is 16.2. The molecule has 2 aromatic rings. The number of nitrogens with one attached hydrogen (secondary N) is 1. The molecule has 0 atom stereocenters. The first-order chi connectivity index (χ1) is 13.4. The van der Waals surface area contributed by atoms with Crippen LogP contribution in [-0.2, 0) is 4.79 Å². The number of aromatic hydroxyl groups is 2. The number of benzene rings is 2. The van der Waals surface area contributed by atoms with Crippen molar-refractivity contribution in [3.63, 3.8) is 0 Å². The number of carbonyl (C=O) groups excluding carboxylic acids is 1. The first-order valence-electron chi connectivity index (χ1n) is 8.92. The quantitative estimate of drug-likeness (QED) is 0.701. The predicted molar refractivity (Wildman–Crippen MR) is 107 cm³/mol. The third-order valence-corrected chi connectivity index (χ3v) is 4.66. The summed E-state index contributed by atoms with van der Waals surface area (Å²) < 4.78 is 10.1. The number of ether oxygens (including phenoxy) is 2. The van der Waals surface area contributed by atoms with Gasteiger partial charge in [0.05, 0.1) is 32.4 Å². The van der Waals surface area contributed by atoms with Gasteiger partial charge in [0.1, 0.15) is 13.1 Å². The number of likely N-dealkylation sites (tertiary alicyclic amines) is 1. The highest BCUT2D eigenvalue weighted by Crippen LogP contribution is 2.29. The second-order valence-electron chi connectivity index (χ2n) is 6.84. The fourth-order valence-corrected chi connectivity index (χ4v) is 3.31. The number of ketones is 1. The Morgan fingerprint density at radius 2 is 1.29 bits per heavy atom. The van der Waals surface area contributed by atoms with Crippen LogP contribution >= 0.6 is 0 Å². The van der Waals surface area contributed by atoms with E-state index in [0.717, 1.165) is 11.1 Å². The molecule has 6 heteroatoms. The van der Waals surface area contributed by atoms with Gasteiger partial charge in [-0.25, -0.2) is 0 Å². The maximum Gasteiger partial charge on any atom is 0.196 e. The van der Waals surface area contributed by atoms with Crippen LogP contribution in [0.3, 0.4) is 0 Å². The van der Waals surface area contributed by atoms with Crippen molar-refractivity contribution in [3.8, 4) is 23.0 Å². The van der Waals surface area contributed by atoms with Gasteiger partial charge in [-0.3, -0.25) is 4.79 Å². The Morgan fingerprint density at radius 1 is 0.857 bits per heavy atom. The normalized spacial score (nSPS) is 19.8. The molecule has 0 bridgehead atoms. The Hall–Kier alpha value is -3.25. The molecule has 3 rings (SSSR count). The summed E-state index contributed by atoms with van der Waals surface area (Å²) in [5.41, 5.74) is 2.80. The molecule has 2 aromatic carbocycles. The van der Waals surface area contributed by atoms with E-state index in [0.29, 0.717) is 35.7 Å². The zero-order valence-corrected chi connectivity index (χ0v) is 16.2. The van der Waals surface area contributed by atoms with Crippen LogP contribution in [0.1, 0.15) is 11.1 Å². The SMILES string of the molecule is COc1ccc(/C=C2\C[NH+](C)C/C(=C\c3ccc(OC)c(O)c3)C2=O)cc1O. The summed E-state index contributed by atoms with van der Waals surface area (Å²) in [6.07, 6.45) is 3.59. The summed E-state index contributed by atoms with van der Waals surface area (Å²) in [6.45, 7) is 1.19. The van der Waals surface area contributed by atoms with Crippen LogP contribution < -0.4 is 14.4 Å². The van der Waals surface area contributed by atoms with Crippen molar-refractivity contribution in [2.24, 2.45) is 0 Å². The summed E-state index contributed by atoms with van der Waals surface area (Å²) in [5, 5.41) is 19.9. The topological polar surface area (TPSA) is 80.4 Å². The summed E-state index contributed by atoms with van der Waals surface area (Å²) in [6, 6.07) is 10.1. The van der Waals surface area contributed by atoms with E-state index in [1.807, 2.05) is 7.05 Å². The average Bonchev–Trinajstić information content (AvgIpc) is 2.66. The van der Waals surface area contributed by atoms with Crippen molar-refractivity contribution >= 4 is 17.9 Å². The molecule has 0 spiro atoms. The van der Waals surface area contributed by atoms with E-state index in [-0.39, 0.29) is 17.3 Å². The van der Waals surface area contributed by atoms with Crippen LogP contribution in [0.2, 0.25) is 0 Å². The van der Waals surface area contributed by atoms with Gasteiger partial charge in [-0.15, -0.1) is 0 Å². The van der Waals surface area contributed by atoms with Crippen molar-refractivity contribution in [1.29, 1.82) is 0 Å². The van der Waals surface area contributed by atoms with Gasteiger partial charge in [-0.1, -0.05) is 12.1 Å². The first-order valence-corrected chi connectivity index (χ1v) is 8.92. The number of methoxy groups -OCH3 is 2. The second kappa shape index (κ2) is 8.19. The molecule has 6 nitrogen and oxygen atoms in total. The number of phenolic OH excluding ortho intramolecular Hbond substituents is 2. The maximum absolute atomic E-state index is 13.0. The van der Waals surface area contributed by atoms with Crippen molar-refractivity contribution in [2.75, 3.05) is 34.4 Å². The lowest BCUT2D eigenvalue weighted by atomic mass is 9.94. The summed E-state index contributed by atoms with van der Waals surface area (Å²) in [4.78, 5) is 14.1. The van der Waals surface area contributed by atoms with Crippen LogP contribution in [0.5, 0.6) is 23.0 Å². The molecule has 0 unspecified atom stereocenters. The van der Waals surface area contributed by atoms with Gasteiger partial charge >= 0.3 is 0 Å². The lowest BCUT2D eigenvalue weighted by Crippen LogP contribution is -3.10. The summed E-state index contributed by atoms with van der Waals surface area (Å²) >= 11 is 0. The van der Waals surface area contributed by atoms with E-state index >= 15 is 0 Å². The smallest absolute Gasteiger partial charge is 0.196 e. The predicted octanol–water partition coefficient (Wildman–Crippen LogP) is 1.68. The number of Topliss-reactive ketones (excluding diaryl/α,β-unsaturated/α-hetero) is 1. The van der Waals surface area contributed by atoms with Crippen LogP contribution in [0.4, 0.5) is 0 Å². The number of piperidine rings is 1. The minimum atomic E-state index is -0.0313. The lowest BCUT2D eigenvalue weighted by Gasteiger charge is -2.23. The Kier molecular flexibility index (Phi) is 5.70. The summed E-state index contributed by atoms with van der Waals surface area (Å²) in [5.74, 6) is 0.811. The Balaban J connectivity index is 1.92. The molecule has 28 heavy (non-hydrogen) atoms. The number of likely N-dealkylation sites (N-methyl/N-ethyl adjacent to an activating group) is 1. The highest BCUT2D eigenvalue weighted by Gasteiger charge is 2.27. The van der Waals surface area contributed by atoms with Crippen molar-refractivity contribution < 1.29 is 29.4 Å². The van der Waals surface area contributed by atoms with Crippen molar-refractivity contribution in [1.82, 2.24) is 0 Å². The molecule has 0 radical (unpaired) electrons. The number of quaternary nitrogens is 1. The molecule has 3 N–H and O–H groups in total. The standard InChI is InChI=1S/C22H23NO5/c1-23-12-16(8-14-4-6-20(27-2)18(24)10-14)22(26)17(13-23)9-15-5-7-21(28-3)19(25)11-15/h4-11,24-25H,12-13H2,1-3H3/p+1/b16-8+,17-9+. The second-order valence-corrected chi connectivity index (χ2v) is 6.84. The summed E-state index contributed by atoms with van der Waals surface area (Å²) in [7, 11) is 5.00. The number of carbonyl (C=O) groups is 1.